The zero-order valence-corrected chi connectivity index (χ0v) is 23.9. The number of nitrogens with one attached hydrogen (secondary N) is 2. The molecule has 7 rings (SSSR count). The predicted molar refractivity (Wildman–Crippen MR) is 151 cm³/mol. The zero-order valence-electron chi connectivity index (χ0n) is 23.9. The Kier molecular flexibility index (Phi) is 6.88. The number of aromatic amines is 1. The molecule has 0 aliphatic heterocycles. The number of H-pyrrole nitrogens is 1. The van der Waals surface area contributed by atoms with Crippen LogP contribution in [-0.2, 0) is 23.7 Å². The van der Waals surface area contributed by atoms with E-state index < -0.39 is 71.6 Å². The van der Waals surface area contributed by atoms with Gasteiger partial charge in [0.05, 0.1) is 35.1 Å². The van der Waals surface area contributed by atoms with Crippen LogP contribution in [0.4, 0.5) is 26.3 Å². The number of alkyl halides is 4. The molecule has 2 aromatic carbocycles. The summed E-state index contributed by atoms with van der Waals surface area (Å²) >= 11 is 0. The van der Waals surface area contributed by atoms with Crippen LogP contribution in [0.15, 0.2) is 54.7 Å². The van der Waals surface area contributed by atoms with Gasteiger partial charge in [0.15, 0.2) is 0 Å². The summed E-state index contributed by atoms with van der Waals surface area (Å²) in [6.07, 6.45) is -1.86. The third-order valence-corrected chi connectivity index (χ3v) is 8.77. The van der Waals surface area contributed by atoms with Gasteiger partial charge in [-0.05, 0) is 53.8 Å². The Bertz CT molecular complexity index is 2030. The Labute approximate surface area is 257 Å². The van der Waals surface area contributed by atoms with Crippen LogP contribution in [0, 0.1) is 34.8 Å². The average molecular weight is 636 g/mol. The Balaban J connectivity index is 1.29. The van der Waals surface area contributed by atoms with Gasteiger partial charge in [-0.25, -0.2) is 22.5 Å². The van der Waals surface area contributed by atoms with E-state index >= 15 is 8.78 Å². The van der Waals surface area contributed by atoms with E-state index in [0.29, 0.717) is 38.5 Å². The van der Waals surface area contributed by atoms with Gasteiger partial charge in [-0.2, -0.15) is 24.2 Å². The van der Waals surface area contributed by atoms with Crippen LogP contribution in [0.2, 0.25) is 0 Å². The van der Waals surface area contributed by atoms with Crippen LogP contribution >= 0.6 is 0 Å². The first-order valence-electron chi connectivity index (χ1n) is 14.3. The number of nitrogens with zero attached hydrogens (tertiary/aromatic N) is 5. The second kappa shape index (κ2) is 10.7. The first kappa shape index (κ1) is 29.5. The molecule has 46 heavy (non-hydrogen) atoms. The normalized spacial score (nSPS) is 19.9. The number of halogens is 6. The molecule has 8 nitrogen and oxygen atoms in total. The second-order valence-corrected chi connectivity index (χ2v) is 11.7. The number of pyridine rings is 1. The molecule has 0 saturated heterocycles. The van der Waals surface area contributed by atoms with Gasteiger partial charge >= 0.3 is 0 Å². The highest BCUT2D eigenvalue weighted by Crippen LogP contribution is 2.71. The number of benzene rings is 2. The quantitative estimate of drug-likeness (QED) is 0.190. The fourth-order valence-electron chi connectivity index (χ4n) is 6.74. The lowest BCUT2D eigenvalue weighted by molar-refractivity contribution is -0.123. The first-order chi connectivity index (χ1) is 22.0. The number of amides is 1. The van der Waals surface area contributed by atoms with E-state index in [4.69, 9.17) is 0 Å². The zero-order chi connectivity index (χ0) is 32.5. The van der Waals surface area contributed by atoms with Crippen molar-refractivity contribution in [1.29, 1.82) is 5.26 Å². The van der Waals surface area contributed by atoms with Crippen molar-refractivity contribution in [1.82, 2.24) is 30.3 Å². The molecule has 1 amide bonds. The Morgan fingerprint density at radius 3 is 2.50 bits per heavy atom. The molecule has 0 spiro atoms. The van der Waals surface area contributed by atoms with Gasteiger partial charge < -0.3 is 5.32 Å². The number of carbonyl (C=O) groups excluding carboxylic acids is 1. The molecule has 3 aromatic heterocycles. The summed E-state index contributed by atoms with van der Waals surface area (Å²) in [6.45, 7) is 0.757. The van der Waals surface area contributed by atoms with E-state index in [1.165, 1.54) is 6.20 Å². The van der Waals surface area contributed by atoms with Crippen molar-refractivity contribution >= 4 is 16.9 Å². The number of aromatic nitrogens is 5. The van der Waals surface area contributed by atoms with Crippen LogP contribution in [0.25, 0.3) is 22.2 Å². The molecule has 2 aliphatic rings. The summed E-state index contributed by atoms with van der Waals surface area (Å²) in [4.78, 5) is 18.3. The number of fused-ring (bicyclic) bond motifs is 4. The Hall–Kier alpha value is -5.19. The molecule has 14 heteroatoms. The minimum absolute atomic E-state index is 0.156. The molecular weight excluding hydrogens is 612 g/mol. The standard InChI is InChI=1S/C32H23F6N7O/c1-14-25-26-29(31(35)36)44-45(30(26)32(37,38)27(14)25)13-24(46)41-22(8-16-6-18(33)9-19(34)7-16)28-20(10-21-23(42-28)12-40-43-21)17-4-2-15(11-39)3-5-17/h2-7,9-10,12,14,22,25,27,31H,8,13H2,1H3,(H,40,43)(H,41,46)/t14-,22+,25-,27-/m1/s1. The molecule has 1 saturated carbocycles. The highest BCUT2D eigenvalue weighted by Gasteiger charge is 2.71. The number of carbonyl (C=O) groups is 1. The fourth-order valence-corrected chi connectivity index (χ4v) is 6.74. The van der Waals surface area contributed by atoms with E-state index in [-0.39, 0.29) is 23.2 Å². The monoisotopic (exact) mass is 635 g/mol. The maximum absolute atomic E-state index is 15.4. The van der Waals surface area contributed by atoms with Crippen LogP contribution in [0.1, 0.15) is 59.1 Å². The molecule has 234 valence electrons. The SMILES string of the molecule is C[C@@H]1[C@@H]2c3c(C(F)F)nn(CC(=O)N[C@@H](Cc4cc(F)cc(F)c4)c4nc5cn[nH]c5cc4-c4ccc(C#N)cc4)c3C(F)(F)[C@H]12. The van der Waals surface area contributed by atoms with E-state index in [0.717, 1.165) is 12.1 Å². The van der Waals surface area contributed by atoms with Gasteiger partial charge in [-0.3, -0.25) is 14.6 Å². The summed E-state index contributed by atoms with van der Waals surface area (Å²) in [7, 11) is 0. The molecule has 2 N–H and O–H groups in total. The van der Waals surface area contributed by atoms with E-state index in [9.17, 15) is 27.6 Å². The van der Waals surface area contributed by atoms with Crippen molar-refractivity contribution in [3.63, 3.8) is 0 Å². The van der Waals surface area contributed by atoms with Gasteiger partial charge in [0.25, 0.3) is 12.3 Å². The third-order valence-electron chi connectivity index (χ3n) is 8.77. The molecule has 3 heterocycles. The van der Waals surface area contributed by atoms with Crippen molar-refractivity contribution in [3.05, 3.63) is 100 Å². The Morgan fingerprint density at radius 1 is 1.11 bits per heavy atom. The minimum atomic E-state index is -3.45. The van der Waals surface area contributed by atoms with E-state index in [1.807, 2.05) is 6.07 Å². The van der Waals surface area contributed by atoms with Gasteiger partial charge in [0.1, 0.15) is 35.1 Å². The maximum Gasteiger partial charge on any atom is 0.293 e. The topological polar surface area (TPSA) is 112 Å². The Morgan fingerprint density at radius 2 is 1.83 bits per heavy atom. The van der Waals surface area contributed by atoms with Crippen LogP contribution in [0.3, 0.4) is 0 Å². The largest absolute Gasteiger partial charge is 0.346 e. The molecule has 0 unspecified atom stereocenters. The molecule has 0 radical (unpaired) electrons. The lowest BCUT2D eigenvalue weighted by Gasteiger charge is -2.23. The lowest BCUT2D eigenvalue weighted by atomic mass is 9.94. The lowest BCUT2D eigenvalue weighted by Crippen LogP contribution is -2.35. The summed E-state index contributed by atoms with van der Waals surface area (Å²) in [5.74, 6) is -8.41. The van der Waals surface area contributed by atoms with Crippen molar-refractivity contribution in [2.24, 2.45) is 11.8 Å². The maximum atomic E-state index is 15.4. The van der Waals surface area contributed by atoms with Gasteiger partial charge in [-0.1, -0.05) is 19.1 Å². The van der Waals surface area contributed by atoms with Crippen molar-refractivity contribution in [2.45, 2.75) is 44.2 Å². The summed E-state index contributed by atoms with van der Waals surface area (Å²) in [5, 5.41) is 22.6. The van der Waals surface area contributed by atoms with Crippen LogP contribution in [0.5, 0.6) is 0 Å². The molecular formula is C32H23F6N7O. The van der Waals surface area contributed by atoms with E-state index in [2.05, 4.69) is 25.6 Å². The highest BCUT2D eigenvalue weighted by atomic mass is 19.3. The number of rotatable bonds is 8. The third kappa shape index (κ3) is 4.86. The van der Waals surface area contributed by atoms with Gasteiger partial charge in [0, 0.05) is 29.0 Å². The average Bonchev–Trinajstić information content (AvgIpc) is 3.28. The smallest absolute Gasteiger partial charge is 0.293 e. The van der Waals surface area contributed by atoms with E-state index in [1.54, 1.807) is 37.3 Å². The highest BCUT2D eigenvalue weighted by molar-refractivity contribution is 5.83. The first-order valence-corrected chi connectivity index (χ1v) is 14.3. The molecule has 4 atom stereocenters. The van der Waals surface area contributed by atoms with Crippen LogP contribution in [-0.4, -0.2) is 30.9 Å². The molecule has 0 bridgehead atoms. The number of hydrogen-bond donors (Lipinski definition) is 2. The summed E-state index contributed by atoms with van der Waals surface area (Å²) in [5.41, 5.74) is 1.13. The number of nitriles is 1. The number of hydrogen-bond acceptors (Lipinski definition) is 5. The second-order valence-electron chi connectivity index (χ2n) is 11.7. The summed E-state index contributed by atoms with van der Waals surface area (Å²) in [6, 6.07) is 12.0. The van der Waals surface area contributed by atoms with Gasteiger partial charge in [0.2, 0.25) is 5.91 Å². The minimum Gasteiger partial charge on any atom is -0.346 e. The molecule has 2 aliphatic carbocycles. The van der Waals surface area contributed by atoms with Crippen molar-refractivity contribution in [3.8, 4) is 17.2 Å². The molecule has 5 aromatic rings. The summed E-state index contributed by atoms with van der Waals surface area (Å²) < 4.78 is 87.6. The van der Waals surface area contributed by atoms with Crippen molar-refractivity contribution < 1.29 is 31.1 Å². The predicted octanol–water partition coefficient (Wildman–Crippen LogP) is 6.46. The fraction of sp³-hybridized carbons (Fsp3) is 0.281. The van der Waals surface area contributed by atoms with Gasteiger partial charge in [-0.15, -0.1) is 0 Å². The molecule has 1 fully saturated rings. The van der Waals surface area contributed by atoms with Crippen molar-refractivity contribution in [2.75, 3.05) is 0 Å². The van der Waals surface area contributed by atoms with Crippen LogP contribution < -0.4 is 5.32 Å².